The van der Waals surface area contributed by atoms with Crippen LogP contribution < -0.4 is 0 Å². The van der Waals surface area contributed by atoms with Crippen LogP contribution in [0, 0.1) is 17.7 Å². The van der Waals surface area contributed by atoms with Crippen molar-refractivity contribution in [2.75, 3.05) is 5.75 Å². The zero-order valence-corrected chi connectivity index (χ0v) is 6.61. The first-order valence-electron chi connectivity index (χ1n) is 3.03. The second-order valence-corrected chi connectivity index (χ2v) is 2.17. The summed E-state index contributed by atoms with van der Waals surface area (Å²) in [6.45, 7) is 0. The van der Waals surface area contributed by atoms with E-state index in [4.69, 9.17) is 0 Å². The SMILES string of the molecule is Fc1cncc(C#CCS)c1. The quantitative estimate of drug-likeness (QED) is 0.456. The van der Waals surface area contributed by atoms with Crippen LogP contribution in [-0.4, -0.2) is 10.7 Å². The van der Waals surface area contributed by atoms with Crippen molar-refractivity contribution in [3.05, 3.63) is 29.8 Å². The van der Waals surface area contributed by atoms with Crippen LogP contribution in [0.25, 0.3) is 0 Å². The number of pyridine rings is 1. The lowest BCUT2D eigenvalue weighted by Gasteiger charge is -1.87. The number of rotatable bonds is 0. The van der Waals surface area contributed by atoms with Crippen LogP contribution in [0.4, 0.5) is 4.39 Å². The van der Waals surface area contributed by atoms with Gasteiger partial charge in [-0.05, 0) is 6.07 Å². The van der Waals surface area contributed by atoms with Crippen molar-refractivity contribution in [1.82, 2.24) is 4.98 Å². The molecule has 1 aromatic rings. The molecular formula is C8H6FNS. The predicted molar refractivity (Wildman–Crippen MR) is 44.9 cm³/mol. The van der Waals surface area contributed by atoms with Crippen LogP contribution in [0.15, 0.2) is 18.5 Å². The number of halogens is 1. The van der Waals surface area contributed by atoms with Crippen LogP contribution in [0.2, 0.25) is 0 Å². The van der Waals surface area contributed by atoms with Crippen molar-refractivity contribution in [2.45, 2.75) is 0 Å². The highest BCUT2D eigenvalue weighted by atomic mass is 32.1. The van der Waals surface area contributed by atoms with Gasteiger partial charge in [-0.2, -0.15) is 12.6 Å². The molecule has 0 saturated heterocycles. The summed E-state index contributed by atoms with van der Waals surface area (Å²) in [4.78, 5) is 3.63. The second kappa shape index (κ2) is 3.99. The molecule has 0 aliphatic rings. The van der Waals surface area contributed by atoms with Gasteiger partial charge < -0.3 is 0 Å². The van der Waals surface area contributed by atoms with Gasteiger partial charge in [-0.25, -0.2) is 4.39 Å². The Morgan fingerprint density at radius 3 is 3.00 bits per heavy atom. The third kappa shape index (κ3) is 2.60. The van der Waals surface area contributed by atoms with Gasteiger partial charge >= 0.3 is 0 Å². The Labute approximate surface area is 70.1 Å². The summed E-state index contributed by atoms with van der Waals surface area (Å²) in [6, 6.07) is 1.34. The first-order chi connectivity index (χ1) is 5.33. The van der Waals surface area contributed by atoms with Gasteiger partial charge in [0.15, 0.2) is 0 Å². The minimum absolute atomic E-state index is 0.365. The maximum atomic E-state index is 12.4. The minimum Gasteiger partial charge on any atom is -0.260 e. The molecule has 0 bridgehead atoms. The zero-order chi connectivity index (χ0) is 8.10. The van der Waals surface area contributed by atoms with Crippen LogP contribution in [0.1, 0.15) is 5.56 Å². The third-order valence-electron chi connectivity index (χ3n) is 1.02. The number of thiol groups is 1. The Bertz CT molecular complexity index is 300. The van der Waals surface area contributed by atoms with E-state index in [1.807, 2.05) is 0 Å². The van der Waals surface area contributed by atoms with Gasteiger partial charge in [-0.3, -0.25) is 4.98 Å². The molecule has 0 saturated carbocycles. The molecule has 0 spiro atoms. The molecule has 0 N–H and O–H groups in total. The van der Waals surface area contributed by atoms with E-state index in [0.717, 1.165) is 6.20 Å². The number of hydrogen-bond acceptors (Lipinski definition) is 2. The van der Waals surface area contributed by atoms with Crippen molar-refractivity contribution in [3.8, 4) is 11.8 Å². The van der Waals surface area contributed by atoms with Gasteiger partial charge in [0.05, 0.1) is 11.9 Å². The maximum absolute atomic E-state index is 12.4. The Balaban J connectivity index is 2.87. The summed E-state index contributed by atoms with van der Waals surface area (Å²) in [5.74, 6) is 5.51. The van der Waals surface area contributed by atoms with Crippen LogP contribution >= 0.6 is 12.6 Å². The third-order valence-corrected chi connectivity index (χ3v) is 1.17. The Morgan fingerprint density at radius 1 is 1.55 bits per heavy atom. The van der Waals surface area contributed by atoms with Crippen molar-refractivity contribution in [3.63, 3.8) is 0 Å². The molecule has 1 rings (SSSR count). The molecule has 0 unspecified atom stereocenters. The molecule has 1 heterocycles. The molecule has 1 aromatic heterocycles. The van der Waals surface area contributed by atoms with E-state index in [-0.39, 0.29) is 5.82 Å². The lowest BCUT2D eigenvalue weighted by atomic mass is 10.3. The molecule has 3 heteroatoms. The van der Waals surface area contributed by atoms with Crippen molar-refractivity contribution in [2.24, 2.45) is 0 Å². The fourth-order valence-corrected chi connectivity index (χ4v) is 0.701. The van der Waals surface area contributed by atoms with Gasteiger partial charge in [0, 0.05) is 11.8 Å². The number of nitrogens with zero attached hydrogens (tertiary/aromatic N) is 1. The number of hydrogen-bond donors (Lipinski definition) is 1. The van der Waals surface area contributed by atoms with E-state index in [0.29, 0.717) is 11.3 Å². The largest absolute Gasteiger partial charge is 0.260 e. The molecule has 1 nitrogen and oxygen atoms in total. The highest BCUT2D eigenvalue weighted by Gasteiger charge is 1.89. The lowest BCUT2D eigenvalue weighted by Crippen LogP contribution is -1.80. The smallest absolute Gasteiger partial charge is 0.142 e. The first-order valence-corrected chi connectivity index (χ1v) is 3.66. The second-order valence-electron chi connectivity index (χ2n) is 1.85. The van der Waals surface area contributed by atoms with Crippen LogP contribution in [0.5, 0.6) is 0 Å². The van der Waals surface area contributed by atoms with E-state index < -0.39 is 0 Å². The highest BCUT2D eigenvalue weighted by molar-refractivity contribution is 7.80. The van der Waals surface area contributed by atoms with E-state index in [2.05, 4.69) is 29.5 Å². The molecule has 56 valence electrons. The maximum Gasteiger partial charge on any atom is 0.142 e. The monoisotopic (exact) mass is 167 g/mol. The Hall–Kier alpha value is -1.01. The molecular weight excluding hydrogens is 161 g/mol. The number of aromatic nitrogens is 1. The van der Waals surface area contributed by atoms with Crippen molar-refractivity contribution >= 4 is 12.6 Å². The summed E-state index contributed by atoms with van der Waals surface area (Å²) in [5.41, 5.74) is 0.582. The highest BCUT2D eigenvalue weighted by Crippen LogP contribution is 1.97. The molecule has 0 fully saturated rings. The van der Waals surface area contributed by atoms with E-state index in [9.17, 15) is 4.39 Å². The van der Waals surface area contributed by atoms with Gasteiger partial charge in [0.25, 0.3) is 0 Å². The summed E-state index contributed by atoms with van der Waals surface area (Å²) >= 11 is 3.89. The summed E-state index contributed by atoms with van der Waals surface area (Å²) < 4.78 is 12.4. The topological polar surface area (TPSA) is 12.9 Å². The van der Waals surface area contributed by atoms with Crippen LogP contribution in [-0.2, 0) is 0 Å². The van der Waals surface area contributed by atoms with Gasteiger partial charge in [0.2, 0.25) is 0 Å². The molecule has 0 atom stereocenters. The van der Waals surface area contributed by atoms with Gasteiger partial charge in [0.1, 0.15) is 5.82 Å². The van der Waals surface area contributed by atoms with Crippen LogP contribution in [0.3, 0.4) is 0 Å². The molecule has 0 aromatic carbocycles. The fourth-order valence-electron chi connectivity index (χ4n) is 0.622. The molecule has 0 aliphatic carbocycles. The zero-order valence-electron chi connectivity index (χ0n) is 5.71. The molecule has 11 heavy (non-hydrogen) atoms. The molecule has 0 radical (unpaired) electrons. The van der Waals surface area contributed by atoms with Crippen molar-refractivity contribution < 1.29 is 4.39 Å². The Morgan fingerprint density at radius 2 is 2.36 bits per heavy atom. The lowest BCUT2D eigenvalue weighted by molar-refractivity contribution is 0.621. The first kappa shape index (κ1) is 8.09. The summed E-state index contributed by atoms with van der Waals surface area (Å²) in [5, 5.41) is 0. The van der Waals surface area contributed by atoms with Gasteiger partial charge in [-0.15, -0.1) is 0 Å². The van der Waals surface area contributed by atoms with E-state index in [1.54, 1.807) is 0 Å². The molecule has 0 amide bonds. The molecule has 0 aliphatic heterocycles. The predicted octanol–water partition coefficient (Wildman–Crippen LogP) is 1.50. The average Bonchev–Trinajstić information content (AvgIpc) is 2.01. The fraction of sp³-hybridized carbons (Fsp3) is 0.125. The minimum atomic E-state index is -0.365. The van der Waals surface area contributed by atoms with Crippen molar-refractivity contribution in [1.29, 1.82) is 0 Å². The average molecular weight is 167 g/mol. The van der Waals surface area contributed by atoms with E-state index >= 15 is 0 Å². The summed E-state index contributed by atoms with van der Waals surface area (Å²) in [7, 11) is 0. The summed E-state index contributed by atoms with van der Waals surface area (Å²) in [6.07, 6.45) is 2.66. The normalized spacial score (nSPS) is 8.55. The van der Waals surface area contributed by atoms with E-state index in [1.165, 1.54) is 12.3 Å². The standard InChI is InChI=1S/C8H6FNS/c9-8-4-7(2-1-3-11)5-10-6-8/h4-6,11H,3H2. The Kier molecular flexibility index (Phi) is 2.94. The van der Waals surface area contributed by atoms with Gasteiger partial charge in [-0.1, -0.05) is 11.8 Å².